The van der Waals surface area contributed by atoms with Gasteiger partial charge in [-0.25, -0.2) is 4.98 Å². The fourth-order valence-electron chi connectivity index (χ4n) is 2.90. The molecule has 1 aliphatic heterocycles. The number of ether oxygens (including phenoxy) is 2. The molecule has 1 amide bonds. The van der Waals surface area contributed by atoms with Gasteiger partial charge in [-0.2, -0.15) is 13.2 Å². The molecule has 3 aromatic rings. The smallest absolute Gasteiger partial charge is 0.417 e. The van der Waals surface area contributed by atoms with Crippen LogP contribution in [0.1, 0.15) is 26.4 Å². The van der Waals surface area contributed by atoms with Gasteiger partial charge in [0, 0.05) is 23.1 Å². The molecule has 0 bridgehead atoms. The van der Waals surface area contributed by atoms with E-state index in [1.807, 2.05) is 0 Å². The molecule has 0 radical (unpaired) electrons. The lowest BCUT2D eigenvalue weighted by atomic mass is 10.1. The van der Waals surface area contributed by atoms with E-state index in [0.29, 0.717) is 45.8 Å². The van der Waals surface area contributed by atoms with Gasteiger partial charge in [0.15, 0.2) is 16.6 Å². The van der Waals surface area contributed by atoms with Crippen molar-refractivity contribution in [2.45, 2.75) is 12.6 Å². The van der Waals surface area contributed by atoms with Crippen molar-refractivity contribution < 1.29 is 27.4 Å². The lowest BCUT2D eigenvalue weighted by Crippen LogP contribution is -2.17. The number of nitrogens with zero attached hydrogens (tertiary/aromatic N) is 1. The number of anilines is 1. The Kier molecular flexibility index (Phi) is 5.57. The maximum Gasteiger partial charge on any atom is 0.417 e. The van der Waals surface area contributed by atoms with E-state index in [0.717, 1.165) is 6.07 Å². The quantitative estimate of drug-likeness (QED) is 0.571. The van der Waals surface area contributed by atoms with Crippen LogP contribution < -0.4 is 14.8 Å². The van der Waals surface area contributed by atoms with Gasteiger partial charge >= 0.3 is 6.18 Å². The molecular formula is C20H14ClF3N2O3S. The van der Waals surface area contributed by atoms with Gasteiger partial charge < -0.3 is 9.47 Å². The molecule has 2 heterocycles. The first-order chi connectivity index (χ1) is 14.3. The number of aromatic nitrogens is 1. The maximum absolute atomic E-state index is 13.0. The molecule has 0 aliphatic carbocycles. The van der Waals surface area contributed by atoms with Crippen LogP contribution in [0.4, 0.5) is 18.3 Å². The lowest BCUT2D eigenvalue weighted by molar-refractivity contribution is -0.137. The minimum Gasteiger partial charge on any atom is -0.486 e. The molecule has 0 spiro atoms. The van der Waals surface area contributed by atoms with Gasteiger partial charge in [0.1, 0.15) is 13.2 Å². The van der Waals surface area contributed by atoms with Crippen LogP contribution in [0.5, 0.6) is 11.5 Å². The first-order valence-corrected chi connectivity index (χ1v) is 10.0. The van der Waals surface area contributed by atoms with Gasteiger partial charge in [-0.15, -0.1) is 11.3 Å². The minimum absolute atomic E-state index is 0.234. The Morgan fingerprint density at radius 2 is 1.90 bits per heavy atom. The number of hydrogen-bond donors (Lipinski definition) is 1. The minimum atomic E-state index is -4.52. The molecule has 156 valence electrons. The zero-order chi connectivity index (χ0) is 21.3. The summed E-state index contributed by atoms with van der Waals surface area (Å²) in [6.45, 7) is 0.868. The highest BCUT2D eigenvalue weighted by Crippen LogP contribution is 2.36. The van der Waals surface area contributed by atoms with Crippen LogP contribution in [0.3, 0.4) is 0 Å². The van der Waals surface area contributed by atoms with Crippen molar-refractivity contribution in [3.8, 4) is 11.5 Å². The van der Waals surface area contributed by atoms with Gasteiger partial charge in [0.2, 0.25) is 0 Å². The Balaban J connectivity index is 1.45. The molecule has 1 aliphatic rings. The SMILES string of the molecule is O=C(Nc1ncc(Cc2ccc(Cl)c(C(F)(F)F)c2)s1)c1ccc2c(c1)OCCO2. The Morgan fingerprint density at radius 1 is 1.13 bits per heavy atom. The van der Waals surface area contributed by atoms with E-state index >= 15 is 0 Å². The van der Waals surface area contributed by atoms with Gasteiger partial charge in [-0.3, -0.25) is 10.1 Å². The number of nitrogens with one attached hydrogen (secondary N) is 1. The van der Waals surface area contributed by atoms with Crippen LogP contribution >= 0.6 is 22.9 Å². The lowest BCUT2D eigenvalue weighted by Gasteiger charge is -2.18. The average molecular weight is 455 g/mol. The van der Waals surface area contributed by atoms with E-state index in [9.17, 15) is 18.0 Å². The second-order valence-corrected chi connectivity index (χ2v) is 7.96. The van der Waals surface area contributed by atoms with E-state index in [1.54, 1.807) is 18.2 Å². The van der Waals surface area contributed by atoms with Crippen LogP contribution in [0.25, 0.3) is 0 Å². The molecule has 2 aromatic carbocycles. The molecule has 30 heavy (non-hydrogen) atoms. The number of halogens is 4. The Bertz CT molecular complexity index is 1100. The molecule has 5 nitrogen and oxygen atoms in total. The summed E-state index contributed by atoms with van der Waals surface area (Å²) in [5.74, 6) is 0.700. The summed E-state index contributed by atoms with van der Waals surface area (Å²) in [5.41, 5.74) is -0.0538. The summed E-state index contributed by atoms with van der Waals surface area (Å²) in [4.78, 5) is 17.3. The number of carbonyl (C=O) groups excluding carboxylic acids is 1. The second-order valence-electron chi connectivity index (χ2n) is 6.43. The Morgan fingerprint density at radius 3 is 2.67 bits per heavy atom. The summed E-state index contributed by atoms with van der Waals surface area (Å²) in [7, 11) is 0. The highest BCUT2D eigenvalue weighted by molar-refractivity contribution is 7.15. The zero-order valence-electron chi connectivity index (χ0n) is 15.3. The number of hydrogen-bond acceptors (Lipinski definition) is 5. The number of fused-ring (bicyclic) bond motifs is 1. The Hall–Kier alpha value is -2.78. The maximum atomic E-state index is 13.0. The van der Waals surface area contributed by atoms with Gasteiger partial charge in [0.05, 0.1) is 10.6 Å². The van der Waals surface area contributed by atoms with Crippen LogP contribution in [0.2, 0.25) is 5.02 Å². The summed E-state index contributed by atoms with van der Waals surface area (Å²) in [6, 6.07) is 8.65. The molecule has 1 N–H and O–H groups in total. The van der Waals surface area contributed by atoms with Gasteiger partial charge in [-0.05, 0) is 35.9 Å². The van der Waals surface area contributed by atoms with Crippen LogP contribution in [-0.4, -0.2) is 24.1 Å². The largest absolute Gasteiger partial charge is 0.486 e. The molecule has 1 aromatic heterocycles. The summed E-state index contributed by atoms with van der Waals surface area (Å²) < 4.78 is 50.0. The number of carbonyl (C=O) groups is 1. The van der Waals surface area contributed by atoms with Crippen molar-refractivity contribution in [1.29, 1.82) is 0 Å². The third-order valence-electron chi connectivity index (χ3n) is 4.29. The molecule has 4 rings (SSSR count). The number of benzene rings is 2. The molecule has 0 saturated heterocycles. The van der Waals surface area contributed by atoms with Crippen LogP contribution in [0, 0.1) is 0 Å². The van der Waals surface area contributed by atoms with Gasteiger partial charge in [0.25, 0.3) is 5.91 Å². The average Bonchev–Trinajstić information content (AvgIpc) is 3.15. The standard InChI is InChI=1S/C20H14ClF3N2O3S/c21-15-3-1-11(8-14(15)20(22,23)24)7-13-10-25-19(30-13)26-18(27)12-2-4-16-17(9-12)29-6-5-28-16/h1-4,8-10H,5-7H2,(H,25,26,27). The van der Waals surface area contributed by atoms with E-state index < -0.39 is 11.7 Å². The van der Waals surface area contributed by atoms with Crippen molar-refractivity contribution in [3.05, 3.63) is 69.2 Å². The summed E-state index contributed by atoms with van der Waals surface area (Å²) >= 11 is 6.84. The fraction of sp³-hybridized carbons (Fsp3) is 0.200. The number of rotatable bonds is 4. The molecule has 0 saturated carbocycles. The fourth-order valence-corrected chi connectivity index (χ4v) is 3.97. The monoisotopic (exact) mass is 454 g/mol. The number of alkyl halides is 3. The highest BCUT2D eigenvalue weighted by Gasteiger charge is 2.33. The molecule has 10 heteroatoms. The normalized spacial score (nSPS) is 13.2. The van der Waals surface area contributed by atoms with Crippen molar-refractivity contribution in [2.24, 2.45) is 0 Å². The van der Waals surface area contributed by atoms with E-state index in [1.165, 1.54) is 29.7 Å². The summed E-state index contributed by atoms with van der Waals surface area (Å²) in [6.07, 6.45) is -2.77. The number of amides is 1. The third-order valence-corrected chi connectivity index (χ3v) is 5.54. The van der Waals surface area contributed by atoms with E-state index in [-0.39, 0.29) is 17.4 Å². The first kappa shape index (κ1) is 20.5. The molecule has 0 unspecified atom stereocenters. The summed E-state index contributed by atoms with van der Waals surface area (Å²) in [5, 5.41) is 2.68. The molecular weight excluding hydrogens is 441 g/mol. The topological polar surface area (TPSA) is 60.5 Å². The highest BCUT2D eigenvalue weighted by atomic mass is 35.5. The van der Waals surface area contributed by atoms with Crippen molar-refractivity contribution >= 4 is 34.0 Å². The first-order valence-electron chi connectivity index (χ1n) is 8.81. The van der Waals surface area contributed by atoms with Crippen LogP contribution in [0.15, 0.2) is 42.6 Å². The van der Waals surface area contributed by atoms with Crippen molar-refractivity contribution in [1.82, 2.24) is 4.98 Å². The van der Waals surface area contributed by atoms with Crippen molar-refractivity contribution in [2.75, 3.05) is 18.5 Å². The predicted molar refractivity (Wildman–Crippen MR) is 107 cm³/mol. The molecule has 0 fully saturated rings. The predicted octanol–water partition coefficient (Wildman–Crippen LogP) is 5.43. The number of thiazole rings is 1. The van der Waals surface area contributed by atoms with Gasteiger partial charge in [-0.1, -0.05) is 17.7 Å². The van der Waals surface area contributed by atoms with E-state index in [4.69, 9.17) is 21.1 Å². The zero-order valence-corrected chi connectivity index (χ0v) is 16.8. The van der Waals surface area contributed by atoms with Crippen LogP contribution in [-0.2, 0) is 12.6 Å². The van der Waals surface area contributed by atoms with Crippen molar-refractivity contribution in [3.63, 3.8) is 0 Å². The third kappa shape index (κ3) is 4.52. The Labute approximate surface area is 178 Å². The van der Waals surface area contributed by atoms with E-state index in [2.05, 4.69) is 10.3 Å². The second kappa shape index (κ2) is 8.16. The molecule has 0 atom stereocenters.